The molecule has 1 aromatic rings. The Hall–Kier alpha value is -0.920. The van der Waals surface area contributed by atoms with Crippen LogP contribution < -0.4 is 10.0 Å². The van der Waals surface area contributed by atoms with E-state index in [4.69, 9.17) is 0 Å². The highest BCUT2D eigenvalue weighted by Gasteiger charge is 2.22. The first-order chi connectivity index (χ1) is 8.03. The minimum Gasteiger partial charge on any atom is -0.311 e. The Morgan fingerprint density at radius 1 is 1.35 bits per heavy atom. The Morgan fingerprint density at radius 2 is 2.06 bits per heavy atom. The van der Waals surface area contributed by atoms with Crippen molar-refractivity contribution in [1.29, 1.82) is 0 Å². The Labute approximate surface area is 102 Å². The van der Waals surface area contributed by atoms with Crippen LogP contribution in [-0.4, -0.2) is 31.7 Å². The van der Waals surface area contributed by atoms with Crippen LogP contribution in [-0.2, 0) is 16.6 Å². The Bertz CT molecular complexity index is 453. The number of aryl methyl sites for hydroxylation is 1. The zero-order valence-corrected chi connectivity index (χ0v) is 11.3. The average molecular weight is 260 g/mol. The van der Waals surface area contributed by atoms with E-state index in [1.54, 1.807) is 13.8 Å². The minimum absolute atomic E-state index is 0.267. The predicted octanol–water partition coefficient (Wildman–Crippen LogP) is 0.516. The Morgan fingerprint density at radius 3 is 2.65 bits per heavy atom. The second-order valence-corrected chi connectivity index (χ2v) is 5.51. The summed E-state index contributed by atoms with van der Waals surface area (Å²) >= 11 is 0. The third-order valence-electron chi connectivity index (χ3n) is 2.28. The molecular weight excluding hydrogens is 240 g/mol. The summed E-state index contributed by atoms with van der Waals surface area (Å²) in [7, 11) is -3.45. The Balaban J connectivity index is 2.94. The summed E-state index contributed by atoms with van der Waals surface area (Å²) < 4.78 is 26.4. The van der Waals surface area contributed by atoms with Crippen LogP contribution in [0, 0.1) is 6.92 Å². The smallest absolute Gasteiger partial charge is 0.244 e. The van der Waals surface area contributed by atoms with Gasteiger partial charge in [0, 0.05) is 13.1 Å². The summed E-state index contributed by atoms with van der Waals surface area (Å²) in [6.07, 6.45) is 0.999. The van der Waals surface area contributed by atoms with Crippen molar-refractivity contribution in [2.75, 3.05) is 13.1 Å². The van der Waals surface area contributed by atoms with E-state index in [9.17, 15) is 8.42 Å². The van der Waals surface area contributed by atoms with Crippen LogP contribution in [0.2, 0.25) is 0 Å². The summed E-state index contributed by atoms with van der Waals surface area (Å²) in [4.78, 5) is 0.267. The monoisotopic (exact) mass is 260 g/mol. The molecule has 0 fully saturated rings. The van der Waals surface area contributed by atoms with Gasteiger partial charge in [-0.3, -0.25) is 5.10 Å². The summed E-state index contributed by atoms with van der Waals surface area (Å²) in [5, 5.41) is 9.89. The van der Waals surface area contributed by atoms with Crippen molar-refractivity contribution in [3.63, 3.8) is 0 Å². The third-order valence-corrected chi connectivity index (χ3v) is 4.03. The zero-order valence-electron chi connectivity index (χ0n) is 10.5. The van der Waals surface area contributed by atoms with Gasteiger partial charge in [-0.05, 0) is 19.9 Å². The molecule has 0 saturated heterocycles. The fourth-order valence-electron chi connectivity index (χ4n) is 1.59. The maximum Gasteiger partial charge on any atom is 0.244 e. The van der Waals surface area contributed by atoms with Crippen LogP contribution in [0.15, 0.2) is 4.90 Å². The van der Waals surface area contributed by atoms with E-state index < -0.39 is 10.0 Å². The summed E-state index contributed by atoms with van der Waals surface area (Å²) in [6.45, 7) is 7.18. The second-order valence-electron chi connectivity index (χ2n) is 3.80. The molecule has 17 heavy (non-hydrogen) atoms. The van der Waals surface area contributed by atoms with Crippen molar-refractivity contribution in [3.05, 3.63) is 11.4 Å². The van der Waals surface area contributed by atoms with Gasteiger partial charge in [-0.1, -0.05) is 13.8 Å². The van der Waals surface area contributed by atoms with Crippen LogP contribution in [0.1, 0.15) is 31.7 Å². The first kappa shape index (κ1) is 14.1. The molecule has 0 unspecified atom stereocenters. The predicted molar refractivity (Wildman–Crippen MR) is 66.2 cm³/mol. The molecule has 1 heterocycles. The van der Waals surface area contributed by atoms with Crippen molar-refractivity contribution >= 4 is 10.0 Å². The largest absolute Gasteiger partial charge is 0.311 e. The molecule has 0 atom stereocenters. The summed E-state index contributed by atoms with van der Waals surface area (Å²) in [5.41, 5.74) is 1.11. The van der Waals surface area contributed by atoms with Gasteiger partial charge in [-0.2, -0.15) is 5.10 Å². The lowest BCUT2D eigenvalue weighted by Gasteiger charge is -2.06. The van der Waals surface area contributed by atoms with Gasteiger partial charge in [0.15, 0.2) is 0 Å². The molecule has 3 N–H and O–H groups in total. The van der Waals surface area contributed by atoms with Crippen molar-refractivity contribution in [2.45, 2.75) is 38.6 Å². The molecule has 0 aliphatic heterocycles. The molecule has 1 rings (SSSR count). The second kappa shape index (κ2) is 6.13. The lowest BCUT2D eigenvalue weighted by Crippen LogP contribution is -2.25. The van der Waals surface area contributed by atoms with Crippen LogP contribution >= 0.6 is 0 Å². The van der Waals surface area contributed by atoms with Crippen molar-refractivity contribution in [1.82, 2.24) is 20.2 Å². The number of rotatable bonds is 7. The van der Waals surface area contributed by atoms with E-state index in [0.717, 1.165) is 13.0 Å². The number of aromatic amines is 1. The first-order valence-electron chi connectivity index (χ1n) is 5.77. The molecule has 6 nitrogen and oxygen atoms in total. The maximum absolute atomic E-state index is 12.0. The number of H-pyrrole nitrogens is 1. The van der Waals surface area contributed by atoms with Crippen LogP contribution in [0.3, 0.4) is 0 Å². The lowest BCUT2D eigenvalue weighted by molar-refractivity contribution is 0.579. The number of nitrogens with zero attached hydrogens (tertiary/aromatic N) is 1. The minimum atomic E-state index is -3.45. The van der Waals surface area contributed by atoms with E-state index in [2.05, 4.69) is 27.2 Å². The van der Waals surface area contributed by atoms with Gasteiger partial charge in [-0.15, -0.1) is 0 Å². The highest BCUT2D eigenvalue weighted by atomic mass is 32.2. The number of sulfonamides is 1. The van der Waals surface area contributed by atoms with Gasteiger partial charge < -0.3 is 5.32 Å². The highest BCUT2D eigenvalue weighted by molar-refractivity contribution is 7.89. The van der Waals surface area contributed by atoms with Gasteiger partial charge in [0.2, 0.25) is 10.0 Å². The van der Waals surface area contributed by atoms with Gasteiger partial charge in [0.05, 0.1) is 11.4 Å². The normalized spacial score (nSPS) is 11.9. The van der Waals surface area contributed by atoms with Crippen LogP contribution in [0.4, 0.5) is 0 Å². The van der Waals surface area contributed by atoms with E-state index in [-0.39, 0.29) is 4.90 Å². The van der Waals surface area contributed by atoms with Crippen LogP contribution in [0.5, 0.6) is 0 Å². The molecule has 0 saturated carbocycles. The molecule has 0 bridgehead atoms. The number of hydrogen-bond acceptors (Lipinski definition) is 4. The molecule has 0 spiro atoms. The average Bonchev–Trinajstić information content (AvgIpc) is 2.61. The van der Waals surface area contributed by atoms with Gasteiger partial charge in [0.1, 0.15) is 4.90 Å². The molecule has 98 valence electrons. The topological polar surface area (TPSA) is 86.9 Å². The molecule has 0 aromatic carbocycles. The van der Waals surface area contributed by atoms with Crippen molar-refractivity contribution < 1.29 is 8.42 Å². The van der Waals surface area contributed by atoms with Crippen molar-refractivity contribution in [2.24, 2.45) is 0 Å². The first-order valence-corrected chi connectivity index (χ1v) is 7.25. The standard InChI is InChI=1S/C10H20N4O2S/c1-4-6-11-7-9-10(8(3)13-14-9)17(15,16)12-5-2/h11-12H,4-7H2,1-3H3,(H,13,14). The van der Waals surface area contributed by atoms with E-state index in [1.165, 1.54) is 0 Å². The molecular formula is C10H20N4O2S. The van der Waals surface area contributed by atoms with Gasteiger partial charge in [0.25, 0.3) is 0 Å². The zero-order chi connectivity index (χ0) is 12.9. The molecule has 0 aliphatic rings. The highest BCUT2D eigenvalue weighted by Crippen LogP contribution is 2.17. The summed E-state index contributed by atoms with van der Waals surface area (Å²) in [5.74, 6) is 0. The lowest BCUT2D eigenvalue weighted by atomic mass is 10.3. The molecule has 0 aliphatic carbocycles. The number of aromatic nitrogens is 2. The van der Waals surface area contributed by atoms with E-state index >= 15 is 0 Å². The molecule has 7 heteroatoms. The number of nitrogens with one attached hydrogen (secondary N) is 3. The molecule has 1 aromatic heterocycles. The van der Waals surface area contributed by atoms with Crippen LogP contribution in [0.25, 0.3) is 0 Å². The van der Waals surface area contributed by atoms with Gasteiger partial charge in [-0.25, -0.2) is 13.1 Å². The fraction of sp³-hybridized carbons (Fsp3) is 0.700. The Kier molecular flexibility index (Phi) is 5.10. The molecule has 0 radical (unpaired) electrons. The fourth-order valence-corrected chi connectivity index (χ4v) is 2.99. The SMILES string of the molecule is CCCNCc1n[nH]c(C)c1S(=O)(=O)NCC. The third kappa shape index (κ3) is 3.52. The van der Waals surface area contributed by atoms with E-state index in [0.29, 0.717) is 24.5 Å². The van der Waals surface area contributed by atoms with E-state index in [1.807, 2.05) is 0 Å². The van der Waals surface area contributed by atoms with Crippen molar-refractivity contribution in [3.8, 4) is 0 Å². The quantitative estimate of drug-likeness (QED) is 0.624. The maximum atomic E-state index is 12.0. The summed E-state index contributed by atoms with van der Waals surface area (Å²) in [6, 6.07) is 0. The number of hydrogen-bond donors (Lipinski definition) is 3. The molecule has 0 amide bonds. The van der Waals surface area contributed by atoms with Gasteiger partial charge >= 0.3 is 0 Å².